The van der Waals surface area contributed by atoms with Gasteiger partial charge in [0, 0.05) is 87.2 Å². The molecule has 8 rings (SSSR count). The Labute approximate surface area is 489 Å². The van der Waals surface area contributed by atoms with Gasteiger partial charge in [0.25, 0.3) is 26.0 Å². The van der Waals surface area contributed by atoms with Gasteiger partial charge in [-0.1, -0.05) is 89.7 Å². The molecule has 0 saturated carbocycles. The number of amides is 1. The molecule has 2 aromatic heterocycles. The zero-order chi connectivity index (χ0) is 57.3. The van der Waals surface area contributed by atoms with Crippen LogP contribution in [-0.2, 0) is 44.9 Å². The minimum Gasteiger partial charge on any atom is -0.294 e. The molecule has 0 atom stereocenters. The minimum atomic E-state index is -4.16. The van der Waals surface area contributed by atoms with E-state index in [1.54, 1.807) is 36.4 Å². The van der Waals surface area contributed by atoms with Crippen LogP contribution in [0.15, 0.2) is 149 Å². The Morgan fingerprint density at radius 2 is 0.975 bits per heavy atom. The summed E-state index contributed by atoms with van der Waals surface area (Å²) >= 11 is 26.3. The summed E-state index contributed by atoms with van der Waals surface area (Å²) in [5, 5.41) is 1.44. The number of hydrogen-bond donors (Lipinski definition) is 2. The van der Waals surface area contributed by atoms with Gasteiger partial charge < -0.3 is 0 Å². The average molecular weight is 1270 g/mol. The Morgan fingerprint density at radius 1 is 0.582 bits per heavy atom. The number of pyridine rings is 2. The zero-order valence-electron chi connectivity index (χ0n) is 42.6. The molecule has 4 aromatic carbocycles. The Balaban J connectivity index is 0.000000229. The van der Waals surface area contributed by atoms with E-state index in [4.69, 9.17) is 51.2 Å². The Kier molecular flexibility index (Phi) is 21.2. The summed E-state index contributed by atoms with van der Waals surface area (Å²) in [7, 11) is -12.7. The first-order chi connectivity index (χ1) is 37.4. The first-order valence-corrected chi connectivity index (χ1v) is 33.3. The van der Waals surface area contributed by atoms with Gasteiger partial charge >= 0.3 is 0 Å². The van der Waals surface area contributed by atoms with Crippen molar-refractivity contribution in [2.24, 2.45) is 0 Å². The summed E-state index contributed by atoms with van der Waals surface area (Å²) in [6.07, 6.45) is 9.08. The number of aromatic nitrogens is 2. The highest BCUT2D eigenvalue weighted by Gasteiger charge is 2.29. The molecule has 2 N–H and O–H groups in total. The summed E-state index contributed by atoms with van der Waals surface area (Å²) in [4.78, 5) is 41.8. The molecular weight excluding hydrogens is 1220 g/mol. The number of benzene rings is 4. The minimum absolute atomic E-state index is 0.0345. The topological polar surface area (TPSA) is 239 Å². The van der Waals surface area contributed by atoms with Crippen LogP contribution >= 0.6 is 69.9 Å². The number of ketones is 1. The van der Waals surface area contributed by atoms with Crippen molar-refractivity contribution in [2.45, 2.75) is 97.5 Å². The fourth-order valence-electron chi connectivity index (χ4n) is 8.05. The van der Waals surface area contributed by atoms with Crippen molar-refractivity contribution in [2.75, 3.05) is 49.8 Å². The molecule has 0 spiro atoms. The van der Waals surface area contributed by atoms with Gasteiger partial charge in [0.15, 0.2) is 5.78 Å². The highest BCUT2D eigenvalue weighted by molar-refractivity contribution is 7.99. The average Bonchev–Trinajstić information content (AvgIpc) is 3.44. The summed E-state index contributed by atoms with van der Waals surface area (Å²) in [6.45, 7) is 3.92. The zero-order valence-corrected chi connectivity index (χ0v) is 50.5. The van der Waals surface area contributed by atoms with Crippen LogP contribution < -0.4 is 9.44 Å². The first kappa shape index (κ1) is 62.1. The van der Waals surface area contributed by atoms with E-state index in [1.807, 2.05) is 6.92 Å². The van der Waals surface area contributed by atoms with E-state index in [-0.39, 0.29) is 64.1 Å². The second-order valence-electron chi connectivity index (χ2n) is 17.7. The van der Waals surface area contributed by atoms with Gasteiger partial charge in [-0.2, -0.15) is 8.61 Å². The van der Waals surface area contributed by atoms with Gasteiger partial charge in [-0.05, 0) is 129 Å². The van der Waals surface area contributed by atoms with Crippen LogP contribution in [0.3, 0.4) is 0 Å². The molecule has 0 unspecified atom stereocenters. The number of nitrogens with one attached hydrogen (secondary N) is 2. The predicted molar refractivity (Wildman–Crippen MR) is 308 cm³/mol. The van der Waals surface area contributed by atoms with Crippen LogP contribution in [0.2, 0.25) is 20.1 Å². The van der Waals surface area contributed by atoms with E-state index in [1.165, 1.54) is 119 Å². The van der Waals surface area contributed by atoms with E-state index in [0.29, 0.717) is 62.8 Å². The maximum Gasteiger partial charge on any atom is 0.278 e. The van der Waals surface area contributed by atoms with Crippen LogP contribution in [0.4, 0.5) is 11.6 Å². The second-order valence-corrected chi connectivity index (χ2v) is 28.8. The van der Waals surface area contributed by atoms with E-state index in [9.17, 15) is 43.3 Å². The SMILES string of the molecule is CCCC(=O)c1cc(NS(=O)(=O)c2ccc(Cl)cc2Cl)ncc1Sc1ccc(S(=O)(=O)N2CCCCC2)cc1.CON(C)C(=O)c1cc(NS(=O)(=O)c2ccc(Cl)cc2Cl)ncc1Sc1ccc(S(=O)(=O)N2CCCCC2)cc1. The Bertz CT molecular complexity index is 3670. The van der Waals surface area contributed by atoms with Crippen LogP contribution in [-0.4, -0.2) is 109 Å². The number of rotatable bonds is 19. The molecular formula is C51H53Cl4N7O11S6. The first-order valence-electron chi connectivity index (χ1n) is 24.3. The van der Waals surface area contributed by atoms with Crippen molar-refractivity contribution in [3.8, 4) is 0 Å². The molecule has 1 amide bonds. The molecule has 6 aromatic rings. The molecule has 2 fully saturated rings. The maximum atomic E-state index is 13.1. The third-order valence-electron chi connectivity index (χ3n) is 12.2. The van der Waals surface area contributed by atoms with Gasteiger partial charge in [0.05, 0.1) is 32.5 Å². The van der Waals surface area contributed by atoms with Gasteiger partial charge in [-0.3, -0.25) is 23.9 Å². The van der Waals surface area contributed by atoms with Crippen molar-refractivity contribution in [3.05, 3.63) is 141 Å². The molecule has 0 bridgehead atoms. The number of hydrogen-bond acceptors (Lipinski definition) is 15. The largest absolute Gasteiger partial charge is 0.294 e. The predicted octanol–water partition coefficient (Wildman–Crippen LogP) is 11.6. The van der Waals surface area contributed by atoms with E-state index >= 15 is 0 Å². The third kappa shape index (κ3) is 15.7. The highest BCUT2D eigenvalue weighted by atomic mass is 35.5. The molecule has 2 aliphatic heterocycles. The molecule has 79 heavy (non-hydrogen) atoms. The van der Waals surface area contributed by atoms with Crippen LogP contribution in [0.5, 0.6) is 0 Å². The van der Waals surface area contributed by atoms with Crippen molar-refractivity contribution in [1.82, 2.24) is 23.6 Å². The van der Waals surface area contributed by atoms with Crippen molar-refractivity contribution in [3.63, 3.8) is 0 Å². The number of halogens is 4. The fraction of sp³-hybridized carbons (Fsp3) is 0.294. The quantitative estimate of drug-likeness (QED) is 0.0566. The van der Waals surface area contributed by atoms with Crippen LogP contribution in [0.25, 0.3) is 0 Å². The van der Waals surface area contributed by atoms with Crippen molar-refractivity contribution in [1.29, 1.82) is 0 Å². The Morgan fingerprint density at radius 3 is 1.35 bits per heavy atom. The second kappa shape index (κ2) is 27.0. The number of carbonyl (C=O) groups excluding carboxylic acids is 2. The standard InChI is InChI=1S/C26H27Cl2N3O5S3.C25H26Cl2N4O6S3/c1-2-6-23(32)21-16-26(30-38(33,34)25-12-7-18(27)15-22(25)28)29-17-24(21)37-19-8-10-20(11-9-19)39(35,36)31-13-4-3-5-14-31;1-30(37-2)25(32)20-15-24(29-39(33,34)23-11-6-17(26)14-21(23)27)28-16-22(20)38-18-7-9-19(10-8-18)40(35,36)31-12-4-3-5-13-31/h7-12,15-17H,2-6,13-14H2,1H3,(H,29,30);6-11,14-16H,3-5,12-13H2,1-2H3,(H,28,29). The third-order valence-corrected chi connectivity index (χ3v) is 22.2. The number of carbonyl (C=O) groups is 2. The molecule has 18 nitrogen and oxygen atoms in total. The summed E-state index contributed by atoms with van der Waals surface area (Å²) in [6, 6.07) is 23.5. The molecule has 0 radical (unpaired) electrons. The highest BCUT2D eigenvalue weighted by Crippen LogP contribution is 2.37. The van der Waals surface area contributed by atoms with E-state index in [2.05, 4.69) is 19.4 Å². The number of sulfonamides is 4. The van der Waals surface area contributed by atoms with E-state index in [0.717, 1.165) is 43.6 Å². The van der Waals surface area contributed by atoms with Gasteiger partial charge in [-0.25, -0.2) is 48.7 Å². The monoisotopic (exact) mass is 1270 g/mol. The number of Topliss-reactive ketones (excluding diaryl/α,β-unsaturated/α-hetero) is 1. The molecule has 2 aliphatic rings. The lowest BCUT2D eigenvalue weighted by Crippen LogP contribution is -2.35. The van der Waals surface area contributed by atoms with Crippen molar-refractivity contribution >= 4 is 133 Å². The lowest BCUT2D eigenvalue weighted by atomic mass is 10.1. The molecule has 28 heteroatoms. The maximum absolute atomic E-state index is 13.1. The normalized spacial score (nSPS) is 14.7. The molecule has 2 saturated heterocycles. The fourth-order valence-corrected chi connectivity index (χ4v) is 16.4. The molecule has 422 valence electrons. The smallest absolute Gasteiger partial charge is 0.278 e. The van der Waals surface area contributed by atoms with E-state index < -0.39 is 46.0 Å². The lowest BCUT2D eigenvalue weighted by molar-refractivity contribution is -0.0759. The summed E-state index contributed by atoms with van der Waals surface area (Å²) in [5.74, 6) is -0.877. The molecule has 0 aliphatic carbocycles. The van der Waals surface area contributed by atoms with Gasteiger partial charge in [-0.15, -0.1) is 0 Å². The Hall–Kier alpha value is -4.54. The number of hydroxylamine groups is 2. The number of anilines is 2. The lowest BCUT2D eigenvalue weighted by Gasteiger charge is -2.25. The van der Waals surface area contributed by atoms with Crippen LogP contribution in [0, 0.1) is 0 Å². The molecule has 4 heterocycles. The number of piperidine rings is 2. The summed E-state index contributed by atoms with van der Waals surface area (Å²) in [5.41, 5.74) is 0.413. The van der Waals surface area contributed by atoms with Gasteiger partial charge in [0.2, 0.25) is 20.0 Å². The van der Waals surface area contributed by atoms with Crippen molar-refractivity contribution < 1.29 is 48.1 Å². The number of nitrogens with zero attached hydrogens (tertiary/aromatic N) is 5. The van der Waals surface area contributed by atoms with Crippen LogP contribution in [0.1, 0.15) is 79.0 Å². The van der Waals surface area contributed by atoms with Gasteiger partial charge in [0.1, 0.15) is 21.4 Å². The summed E-state index contributed by atoms with van der Waals surface area (Å²) < 4.78 is 111.